The molecule has 1 saturated carbocycles. The van der Waals surface area contributed by atoms with Crippen LogP contribution >= 0.6 is 0 Å². The van der Waals surface area contributed by atoms with Crippen molar-refractivity contribution in [1.82, 2.24) is 25.4 Å². The number of anilines is 2. The first-order chi connectivity index (χ1) is 13.1. The van der Waals surface area contributed by atoms with Gasteiger partial charge in [-0.25, -0.2) is 5.06 Å². The Labute approximate surface area is 165 Å². The quantitative estimate of drug-likeness (QED) is 0.344. The summed E-state index contributed by atoms with van der Waals surface area (Å²) in [5, 5.41) is 10.3. The molecule has 0 saturated heterocycles. The fourth-order valence-electron chi connectivity index (χ4n) is 3.28. The van der Waals surface area contributed by atoms with E-state index in [2.05, 4.69) is 39.7 Å². The van der Waals surface area contributed by atoms with Gasteiger partial charge in [0.2, 0.25) is 24.2 Å². The van der Waals surface area contributed by atoms with E-state index in [1.807, 2.05) is 21.0 Å². The average Bonchev–Trinajstić information content (AvgIpc) is 2.67. The fraction of sp³-hybridized carbons (Fsp3) is 0.722. The third-order valence-electron chi connectivity index (χ3n) is 5.30. The number of hydrogen-bond donors (Lipinski definition) is 3. The van der Waals surface area contributed by atoms with Gasteiger partial charge < -0.3 is 4.90 Å². The van der Waals surface area contributed by atoms with Crippen molar-refractivity contribution >= 4 is 24.2 Å². The van der Waals surface area contributed by atoms with Crippen molar-refractivity contribution in [2.75, 3.05) is 31.0 Å². The second-order valence-electron chi connectivity index (χ2n) is 8.35. The summed E-state index contributed by atoms with van der Waals surface area (Å²) in [5.41, 5.74) is 4.70. The van der Waals surface area contributed by atoms with E-state index < -0.39 is 5.41 Å². The van der Waals surface area contributed by atoms with E-state index in [1.165, 1.54) is 0 Å². The van der Waals surface area contributed by atoms with E-state index in [4.69, 9.17) is 0 Å². The Bertz CT molecular complexity index is 698. The van der Waals surface area contributed by atoms with Crippen LogP contribution in [0, 0.1) is 10.8 Å². The summed E-state index contributed by atoms with van der Waals surface area (Å²) in [4.78, 5) is 38.6. The van der Waals surface area contributed by atoms with Crippen molar-refractivity contribution < 1.29 is 14.8 Å². The van der Waals surface area contributed by atoms with Crippen molar-refractivity contribution in [1.29, 1.82) is 0 Å². The standard InChI is InChI=1S/C18H31N7O3/c1-6-13-19-15(21-16(20-13)24(4)5)23-22-14(27)18(11-25(28)12-26)9-7-17(2,3)8-10-18/h12,28H,6-11H2,1-5H3,(H,22,27)(H,19,20,21,23). The van der Waals surface area contributed by atoms with E-state index in [9.17, 15) is 14.8 Å². The molecule has 2 rings (SSSR count). The monoisotopic (exact) mass is 393 g/mol. The lowest BCUT2D eigenvalue weighted by atomic mass is 9.64. The van der Waals surface area contributed by atoms with Gasteiger partial charge in [-0.1, -0.05) is 20.8 Å². The maximum Gasteiger partial charge on any atom is 0.246 e. The first-order valence-electron chi connectivity index (χ1n) is 9.50. The number of nitrogens with one attached hydrogen (secondary N) is 2. The highest BCUT2D eigenvalue weighted by Crippen LogP contribution is 2.45. The molecule has 1 aromatic rings. The molecule has 1 aromatic heterocycles. The Kier molecular flexibility index (Phi) is 6.76. The SMILES string of the molecule is CCc1nc(NNC(=O)C2(CN(O)C=O)CCC(C)(C)CC2)nc(N(C)C)n1. The molecule has 156 valence electrons. The summed E-state index contributed by atoms with van der Waals surface area (Å²) in [5.74, 6) is 1.03. The largest absolute Gasteiger partial charge is 0.347 e. The van der Waals surface area contributed by atoms with E-state index >= 15 is 0 Å². The summed E-state index contributed by atoms with van der Waals surface area (Å²) >= 11 is 0. The van der Waals surface area contributed by atoms with Crippen LogP contribution in [-0.4, -0.2) is 58.2 Å². The number of amides is 2. The van der Waals surface area contributed by atoms with Gasteiger partial charge in [0.15, 0.2) is 0 Å². The summed E-state index contributed by atoms with van der Waals surface area (Å²) in [6.45, 7) is 6.19. The average molecular weight is 393 g/mol. The van der Waals surface area contributed by atoms with Crippen molar-refractivity contribution in [2.24, 2.45) is 10.8 Å². The normalized spacial score (nSPS) is 17.5. The summed E-state index contributed by atoms with van der Waals surface area (Å²) < 4.78 is 0. The smallest absolute Gasteiger partial charge is 0.246 e. The molecule has 10 heteroatoms. The first kappa shape index (κ1) is 21.8. The molecular formula is C18H31N7O3. The Morgan fingerprint density at radius 2 is 1.82 bits per heavy atom. The van der Waals surface area contributed by atoms with Crippen LogP contribution in [0.15, 0.2) is 0 Å². The van der Waals surface area contributed by atoms with Crippen LogP contribution in [0.4, 0.5) is 11.9 Å². The number of hydrogen-bond acceptors (Lipinski definition) is 8. The zero-order chi connectivity index (χ0) is 20.9. The lowest BCUT2D eigenvalue weighted by molar-refractivity contribution is -0.164. The summed E-state index contributed by atoms with van der Waals surface area (Å²) in [7, 11) is 3.65. The fourth-order valence-corrected chi connectivity index (χ4v) is 3.28. The van der Waals surface area contributed by atoms with E-state index in [-0.39, 0.29) is 23.8 Å². The number of carbonyl (C=O) groups excluding carboxylic acids is 2. The Morgan fingerprint density at radius 3 is 2.36 bits per heavy atom. The molecule has 0 bridgehead atoms. The molecule has 1 aliphatic rings. The van der Waals surface area contributed by atoms with Crippen LogP contribution in [0.1, 0.15) is 52.3 Å². The highest BCUT2D eigenvalue weighted by Gasteiger charge is 2.45. The maximum absolute atomic E-state index is 13.0. The maximum atomic E-state index is 13.0. The van der Waals surface area contributed by atoms with Gasteiger partial charge in [0, 0.05) is 20.5 Å². The van der Waals surface area contributed by atoms with Gasteiger partial charge in [-0.15, -0.1) is 0 Å². The van der Waals surface area contributed by atoms with Crippen LogP contribution in [0.5, 0.6) is 0 Å². The Balaban J connectivity index is 2.16. The highest BCUT2D eigenvalue weighted by molar-refractivity contribution is 5.84. The van der Waals surface area contributed by atoms with Crippen molar-refractivity contribution in [2.45, 2.75) is 52.9 Å². The Hall–Kier alpha value is -2.49. The van der Waals surface area contributed by atoms with E-state index in [1.54, 1.807) is 4.90 Å². The number of rotatable bonds is 8. The molecule has 28 heavy (non-hydrogen) atoms. The number of nitrogens with zero attached hydrogens (tertiary/aromatic N) is 5. The molecule has 0 atom stereocenters. The van der Waals surface area contributed by atoms with Crippen LogP contribution in [0.2, 0.25) is 0 Å². The molecule has 0 spiro atoms. The molecule has 1 fully saturated rings. The van der Waals surface area contributed by atoms with Gasteiger partial charge in [0.25, 0.3) is 0 Å². The van der Waals surface area contributed by atoms with Crippen LogP contribution in [0.3, 0.4) is 0 Å². The third-order valence-corrected chi connectivity index (χ3v) is 5.30. The molecular weight excluding hydrogens is 362 g/mol. The molecule has 2 amide bonds. The number of aryl methyl sites for hydroxylation is 1. The van der Waals surface area contributed by atoms with Gasteiger partial charge >= 0.3 is 0 Å². The van der Waals surface area contributed by atoms with Crippen molar-refractivity contribution in [3.8, 4) is 0 Å². The predicted octanol–water partition coefficient (Wildman–Crippen LogP) is 1.38. The third kappa shape index (κ3) is 5.28. The second kappa shape index (κ2) is 8.68. The van der Waals surface area contributed by atoms with Gasteiger partial charge in [-0.2, -0.15) is 15.0 Å². The summed E-state index contributed by atoms with van der Waals surface area (Å²) in [6, 6.07) is 0. The van der Waals surface area contributed by atoms with Crippen LogP contribution < -0.4 is 15.8 Å². The molecule has 3 N–H and O–H groups in total. The molecule has 10 nitrogen and oxygen atoms in total. The number of carbonyl (C=O) groups is 2. The van der Waals surface area contributed by atoms with Crippen molar-refractivity contribution in [3.05, 3.63) is 5.82 Å². The molecule has 0 unspecified atom stereocenters. The van der Waals surface area contributed by atoms with Gasteiger partial charge in [-0.05, 0) is 31.1 Å². The van der Waals surface area contributed by atoms with Gasteiger partial charge in [-0.3, -0.25) is 25.6 Å². The molecule has 0 radical (unpaired) electrons. The highest BCUT2D eigenvalue weighted by atomic mass is 16.5. The zero-order valence-electron chi connectivity index (χ0n) is 17.3. The van der Waals surface area contributed by atoms with Gasteiger partial charge in [0.05, 0.1) is 12.0 Å². The first-order valence-corrected chi connectivity index (χ1v) is 9.50. The molecule has 1 heterocycles. The lowest BCUT2D eigenvalue weighted by Gasteiger charge is -2.42. The van der Waals surface area contributed by atoms with E-state index in [0.29, 0.717) is 42.5 Å². The van der Waals surface area contributed by atoms with Crippen LogP contribution in [0.25, 0.3) is 0 Å². The minimum absolute atomic E-state index is 0.0551. The molecule has 1 aliphatic carbocycles. The lowest BCUT2D eigenvalue weighted by Crippen LogP contribution is -2.51. The molecule has 0 aromatic carbocycles. The number of aromatic nitrogens is 3. The Morgan fingerprint density at radius 1 is 1.18 bits per heavy atom. The number of hydrazine groups is 1. The van der Waals surface area contributed by atoms with Crippen molar-refractivity contribution in [3.63, 3.8) is 0 Å². The topological polar surface area (TPSA) is 124 Å². The predicted molar refractivity (Wildman–Crippen MR) is 105 cm³/mol. The minimum Gasteiger partial charge on any atom is -0.347 e. The minimum atomic E-state index is -0.872. The zero-order valence-corrected chi connectivity index (χ0v) is 17.3. The van der Waals surface area contributed by atoms with Gasteiger partial charge in [0.1, 0.15) is 5.82 Å². The second-order valence-corrected chi connectivity index (χ2v) is 8.35. The molecule has 0 aliphatic heterocycles. The summed E-state index contributed by atoms with van der Waals surface area (Å²) in [6.07, 6.45) is 3.74. The van der Waals surface area contributed by atoms with E-state index in [0.717, 1.165) is 12.8 Å². The van der Waals surface area contributed by atoms with Crippen LogP contribution in [-0.2, 0) is 16.0 Å². The number of hydroxylamine groups is 2.